The van der Waals surface area contributed by atoms with E-state index in [4.69, 9.17) is 4.42 Å². The van der Waals surface area contributed by atoms with Crippen molar-refractivity contribution in [1.29, 1.82) is 0 Å². The third-order valence-electron chi connectivity index (χ3n) is 3.35. The van der Waals surface area contributed by atoms with Crippen molar-refractivity contribution < 1.29 is 9.52 Å². The van der Waals surface area contributed by atoms with E-state index in [1.807, 2.05) is 49.4 Å². The Labute approximate surface area is 117 Å². The Morgan fingerprint density at radius 2 is 2.00 bits per heavy atom. The second-order valence-corrected chi connectivity index (χ2v) is 4.56. The zero-order valence-corrected chi connectivity index (χ0v) is 11.2. The molecule has 0 spiro atoms. The van der Waals surface area contributed by atoms with Gasteiger partial charge in [-0.1, -0.05) is 25.1 Å². The first-order chi connectivity index (χ1) is 9.81. The number of hydrogen-bond donors (Lipinski definition) is 1. The van der Waals surface area contributed by atoms with Crippen LogP contribution in [0.2, 0.25) is 0 Å². The Morgan fingerprint density at radius 3 is 2.75 bits per heavy atom. The molecule has 0 saturated heterocycles. The standard InChI is InChI=1S/C16H16N2O2/c1-2-15-13(9-11-20-15)16(19)14-8-10-17-18(14)12-6-4-3-5-7-12/h3-11,16,19H,2H2,1H3. The van der Waals surface area contributed by atoms with Crippen LogP contribution in [0, 0.1) is 0 Å². The molecular formula is C16H16N2O2. The molecule has 0 saturated carbocycles. The number of benzene rings is 1. The molecule has 0 bridgehead atoms. The predicted octanol–water partition coefficient (Wildman–Crippen LogP) is 3.11. The maximum Gasteiger partial charge on any atom is 0.124 e. The molecule has 4 heteroatoms. The largest absolute Gasteiger partial charge is 0.469 e. The first-order valence-electron chi connectivity index (χ1n) is 6.65. The van der Waals surface area contributed by atoms with Gasteiger partial charge in [-0.25, -0.2) is 4.68 Å². The van der Waals surface area contributed by atoms with Gasteiger partial charge in [-0.3, -0.25) is 0 Å². The summed E-state index contributed by atoms with van der Waals surface area (Å²) in [4.78, 5) is 0. The van der Waals surface area contributed by atoms with Crippen molar-refractivity contribution in [3.63, 3.8) is 0 Å². The quantitative estimate of drug-likeness (QED) is 0.791. The van der Waals surface area contributed by atoms with E-state index < -0.39 is 6.10 Å². The molecule has 2 aromatic heterocycles. The fourth-order valence-corrected chi connectivity index (χ4v) is 2.35. The lowest BCUT2D eigenvalue weighted by Gasteiger charge is -2.13. The van der Waals surface area contributed by atoms with Crippen LogP contribution in [-0.4, -0.2) is 14.9 Å². The minimum atomic E-state index is -0.744. The number of aromatic nitrogens is 2. The molecular weight excluding hydrogens is 252 g/mol. The molecule has 1 N–H and O–H groups in total. The first-order valence-corrected chi connectivity index (χ1v) is 6.65. The van der Waals surface area contributed by atoms with Crippen LogP contribution in [0.5, 0.6) is 0 Å². The second kappa shape index (κ2) is 5.35. The number of hydrogen-bond acceptors (Lipinski definition) is 3. The van der Waals surface area contributed by atoms with Crippen molar-refractivity contribution in [3.8, 4) is 5.69 Å². The molecule has 1 atom stereocenters. The van der Waals surface area contributed by atoms with E-state index in [-0.39, 0.29) is 0 Å². The van der Waals surface area contributed by atoms with Crippen LogP contribution >= 0.6 is 0 Å². The molecule has 0 aliphatic rings. The van der Waals surface area contributed by atoms with E-state index in [9.17, 15) is 5.11 Å². The highest BCUT2D eigenvalue weighted by molar-refractivity contribution is 5.36. The van der Waals surface area contributed by atoms with E-state index in [2.05, 4.69) is 5.10 Å². The summed E-state index contributed by atoms with van der Waals surface area (Å²) in [5.74, 6) is 0.804. The summed E-state index contributed by atoms with van der Waals surface area (Å²) in [7, 11) is 0. The van der Waals surface area contributed by atoms with E-state index in [0.717, 1.165) is 29.1 Å². The lowest BCUT2D eigenvalue weighted by atomic mass is 10.1. The van der Waals surface area contributed by atoms with Crippen LogP contribution in [-0.2, 0) is 6.42 Å². The van der Waals surface area contributed by atoms with Gasteiger partial charge in [0.15, 0.2) is 0 Å². The highest BCUT2D eigenvalue weighted by Crippen LogP contribution is 2.27. The zero-order chi connectivity index (χ0) is 13.9. The third kappa shape index (κ3) is 2.14. The SMILES string of the molecule is CCc1occc1C(O)c1ccnn1-c1ccccc1. The van der Waals surface area contributed by atoms with Gasteiger partial charge in [0.2, 0.25) is 0 Å². The van der Waals surface area contributed by atoms with Crippen molar-refractivity contribution in [2.24, 2.45) is 0 Å². The Hall–Kier alpha value is -2.33. The monoisotopic (exact) mass is 268 g/mol. The van der Waals surface area contributed by atoms with E-state index in [0.29, 0.717) is 0 Å². The van der Waals surface area contributed by atoms with Gasteiger partial charge in [0.25, 0.3) is 0 Å². The van der Waals surface area contributed by atoms with E-state index >= 15 is 0 Å². The summed E-state index contributed by atoms with van der Waals surface area (Å²) in [6.45, 7) is 2.00. The normalized spacial score (nSPS) is 12.5. The molecule has 1 aromatic carbocycles. The number of aliphatic hydroxyl groups is 1. The summed E-state index contributed by atoms with van der Waals surface area (Å²) < 4.78 is 7.14. The Morgan fingerprint density at radius 1 is 1.20 bits per heavy atom. The number of para-hydroxylation sites is 1. The molecule has 102 valence electrons. The Kier molecular flexibility index (Phi) is 3.39. The molecule has 2 heterocycles. The smallest absolute Gasteiger partial charge is 0.124 e. The minimum Gasteiger partial charge on any atom is -0.469 e. The van der Waals surface area contributed by atoms with Crippen LogP contribution in [0.1, 0.15) is 30.0 Å². The number of rotatable bonds is 4. The van der Waals surface area contributed by atoms with Crippen LogP contribution in [0.4, 0.5) is 0 Å². The maximum atomic E-state index is 10.6. The molecule has 20 heavy (non-hydrogen) atoms. The van der Waals surface area contributed by atoms with Crippen molar-refractivity contribution in [2.45, 2.75) is 19.4 Å². The lowest BCUT2D eigenvalue weighted by Crippen LogP contribution is -2.09. The highest BCUT2D eigenvalue weighted by Gasteiger charge is 2.20. The fourth-order valence-electron chi connectivity index (χ4n) is 2.35. The Bertz CT molecular complexity index is 685. The number of aryl methyl sites for hydroxylation is 1. The summed E-state index contributed by atoms with van der Waals surface area (Å²) in [5, 5.41) is 14.9. The summed E-state index contributed by atoms with van der Waals surface area (Å²) in [5.41, 5.74) is 2.45. The molecule has 0 fully saturated rings. The molecule has 0 radical (unpaired) electrons. The molecule has 0 aliphatic heterocycles. The summed E-state index contributed by atoms with van der Waals surface area (Å²) in [6, 6.07) is 13.4. The van der Waals surface area contributed by atoms with Gasteiger partial charge in [-0.2, -0.15) is 5.10 Å². The third-order valence-corrected chi connectivity index (χ3v) is 3.35. The molecule has 3 rings (SSSR count). The molecule has 4 nitrogen and oxygen atoms in total. The fraction of sp³-hybridized carbons (Fsp3) is 0.188. The van der Waals surface area contributed by atoms with Crippen LogP contribution < -0.4 is 0 Å². The van der Waals surface area contributed by atoms with Crippen LogP contribution in [0.25, 0.3) is 5.69 Å². The minimum absolute atomic E-state index is 0.729. The molecule has 0 aliphatic carbocycles. The first kappa shape index (κ1) is 12.7. The topological polar surface area (TPSA) is 51.2 Å². The zero-order valence-electron chi connectivity index (χ0n) is 11.2. The van der Waals surface area contributed by atoms with Gasteiger partial charge in [-0.05, 0) is 24.3 Å². The Balaban J connectivity index is 2.02. The predicted molar refractivity (Wildman–Crippen MR) is 75.7 cm³/mol. The average Bonchev–Trinajstić information content (AvgIpc) is 3.16. The molecule has 3 aromatic rings. The molecule has 1 unspecified atom stereocenters. The van der Waals surface area contributed by atoms with Gasteiger partial charge in [0, 0.05) is 18.2 Å². The highest BCUT2D eigenvalue weighted by atomic mass is 16.3. The van der Waals surface area contributed by atoms with E-state index in [1.165, 1.54) is 0 Å². The van der Waals surface area contributed by atoms with E-state index in [1.54, 1.807) is 17.1 Å². The van der Waals surface area contributed by atoms with Gasteiger partial charge in [0.1, 0.15) is 11.9 Å². The summed E-state index contributed by atoms with van der Waals surface area (Å²) >= 11 is 0. The molecule has 0 amide bonds. The van der Waals surface area contributed by atoms with Crippen molar-refractivity contribution >= 4 is 0 Å². The second-order valence-electron chi connectivity index (χ2n) is 4.56. The van der Waals surface area contributed by atoms with Gasteiger partial charge < -0.3 is 9.52 Å². The van der Waals surface area contributed by atoms with Crippen LogP contribution in [0.3, 0.4) is 0 Å². The van der Waals surface area contributed by atoms with Crippen LogP contribution in [0.15, 0.2) is 59.3 Å². The number of furan rings is 1. The average molecular weight is 268 g/mol. The summed E-state index contributed by atoms with van der Waals surface area (Å²) in [6.07, 6.45) is 3.31. The van der Waals surface area contributed by atoms with Gasteiger partial charge >= 0.3 is 0 Å². The number of aliphatic hydroxyl groups excluding tert-OH is 1. The lowest BCUT2D eigenvalue weighted by molar-refractivity contribution is 0.209. The maximum absolute atomic E-state index is 10.6. The van der Waals surface area contributed by atoms with Gasteiger partial charge in [0.05, 0.1) is 17.6 Å². The van der Waals surface area contributed by atoms with Gasteiger partial charge in [-0.15, -0.1) is 0 Å². The number of nitrogens with zero attached hydrogens (tertiary/aromatic N) is 2. The van der Waals surface area contributed by atoms with Crippen molar-refractivity contribution in [2.75, 3.05) is 0 Å². The van der Waals surface area contributed by atoms with Crippen molar-refractivity contribution in [3.05, 3.63) is 71.9 Å². The van der Waals surface area contributed by atoms with Crippen molar-refractivity contribution in [1.82, 2.24) is 9.78 Å².